The third-order valence-electron chi connectivity index (χ3n) is 2.96. The summed E-state index contributed by atoms with van der Waals surface area (Å²) in [6, 6.07) is 6.46. The molecule has 0 atom stereocenters. The van der Waals surface area contributed by atoms with Gasteiger partial charge in [0.1, 0.15) is 11.8 Å². The first-order valence-corrected chi connectivity index (χ1v) is 5.44. The maximum absolute atomic E-state index is 8.67. The van der Waals surface area contributed by atoms with E-state index in [9.17, 15) is 0 Å². The van der Waals surface area contributed by atoms with Gasteiger partial charge in [-0.2, -0.15) is 5.26 Å². The van der Waals surface area contributed by atoms with Crippen molar-refractivity contribution >= 4 is 5.69 Å². The smallest absolute Gasteiger partial charge is 0.140 e. The Morgan fingerprint density at radius 1 is 1.31 bits per heavy atom. The fourth-order valence-corrected chi connectivity index (χ4v) is 1.87. The van der Waals surface area contributed by atoms with Crippen LogP contribution in [-0.2, 0) is 0 Å². The predicted molar refractivity (Wildman–Crippen MR) is 60.3 cm³/mol. The molecule has 0 aromatic carbocycles. The SMILES string of the molecule is N#Cc1ccc(N2C=CN(C3CC3)C2)cn1. The van der Waals surface area contributed by atoms with Crippen molar-refractivity contribution in [1.82, 2.24) is 9.88 Å². The Labute approximate surface area is 94.4 Å². The second kappa shape index (κ2) is 3.53. The van der Waals surface area contributed by atoms with Gasteiger partial charge in [-0.1, -0.05) is 0 Å². The van der Waals surface area contributed by atoms with E-state index in [1.807, 2.05) is 12.1 Å². The Balaban J connectivity index is 1.73. The molecule has 4 nitrogen and oxygen atoms in total. The van der Waals surface area contributed by atoms with Gasteiger partial charge in [-0.05, 0) is 25.0 Å². The van der Waals surface area contributed by atoms with E-state index in [2.05, 4.69) is 27.2 Å². The highest BCUT2D eigenvalue weighted by molar-refractivity contribution is 5.49. The molecule has 80 valence electrons. The van der Waals surface area contributed by atoms with Crippen molar-refractivity contribution in [3.05, 3.63) is 36.4 Å². The summed E-state index contributed by atoms with van der Waals surface area (Å²) in [5.74, 6) is 0. The van der Waals surface area contributed by atoms with Crippen LogP contribution in [0.4, 0.5) is 5.69 Å². The number of nitrogens with zero attached hydrogens (tertiary/aromatic N) is 4. The Morgan fingerprint density at radius 2 is 2.19 bits per heavy atom. The van der Waals surface area contributed by atoms with Crippen molar-refractivity contribution in [1.29, 1.82) is 5.26 Å². The predicted octanol–water partition coefficient (Wildman–Crippen LogP) is 1.67. The Bertz CT molecular complexity index is 453. The van der Waals surface area contributed by atoms with Gasteiger partial charge in [-0.15, -0.1) is 0 Å². The molecule has 1 aliphatic carbocycles. The summed E-state index contributed by atoms with van der Waals surface area (Å²) < 4.78 is 0. The van der Waals surface area contributed by atoms with E-state index < -0.39 is 0 Å². The monoisotopic (exact) mass is 212 g/mol. The van der Waals surface area contributed by atoms with E-state index in [4.69, 9.17) is 5.26 Å². The largest absolute Gasteiger partial charge is 0.355 e. The van der Waals surface area contributed by atoms with E-state index >= 15 is 0 Å². The molecule has 1 aliphatic heterocycles. The minimum Gasteiger partial charge on any atom is -0.355 e. The van der Waals surface area contributed by atoms with Crippen LogP contribution in [0.15, 0.2) is 30.7 Å². The van der Waals surface area contributed by atoms with Crippen molar-refractivity contribution in [2.45, 2.75) is 18.9 Å². The highest BCUT2D eigenvalue weighted by atomic mass is 15.4. The lowest BCUT2D eigenvalue weighted by Crippen LogP contribution is -2.26. The number of nitriles is 1. The topological polar surface area (TPSA) is 43.2 Å². The number of rotatable bonds is 2. The van der Waals surface area contributed by atoms with Crippen LogP contribution >= 0.6 is 0 Å². The van der Waals surface area contributed by atoms with Crippen molar-refractivity contribution in [2.24, 2.45) is 0 Å². The van der Waals surface area contributed by atoms with Crippen LogP contribution in [0.25, 0.3) is 0 Å². The second-order valence-electron chi connectivity index (χ2n) is 4.17. The standard InChI is InChI=1S/C12H12N4/c13-7-10-1-2-12(8-14-10)16-6-5-15(9-16)11-3-4-11/h1-2,5-6,8,11H,3-4,9H2. The molecule has 1 aromatic heterocycles. The Kier molecular flexibility index (Phi) is 2.03. The fraction of sp³-hybridized carbons (Fsp3) is 0.333. The van der Waals surface area contributed by atoms with Crippen LogP contribution in [0.2, 0.25) is 0 Å². The number of aromatic nitrogens is 1. The first-order valence-electron chi connectivity index (χ1n) is 5.44. The average molecular weight is 212 g/mol. The minimum absolute atomic E-state index is 0.464. The molecule has 2 heterocycles. The second-order valence-corrected chi connectivity index (χ2v) is 4.17. The van der Waals surface area contributed by atoms with Crippen LogP contribution in [0.1, 0.15) is 18.5 Å². The summed E-state index contributed by atoms with van der Waals surface area (Å²) in [7, 11) is 0. The van der Waals surface area contributed by atoms with Gasteiger partial charge in [0.2, 0.25) is 0 Å². The molecule has 0 unspecified atom stereocenters. The molecule has 0 spiro atoms. The van der Waals surface area contributed by atoms with E-state index in [0.717, 1.165) is 18.4 Å². The number of hydrogen-bond acceptors (Lipinski definition) is 4. The number of anilines is 1. The number of hydrogen-bond donors (Lipinski definition) is 0. The van der Waals surface area contributed by atoms with Crippen molar-refractivity contribution < 1.29 is 0 Å². The van der Waals surface area contributed by atoms with Crippen molar-refractivity contribution in [3.8, 4) is 6.07 Å². The highest BCUT2D eigenvalue weighted by Crippen LogP contribution is 2.30. The molecular formula is C12H12N4. The normalized spacial score (nSPS) is 18.9. The summed E-state index contributed by atoms with van der Waals surface area (Å²) in [5, 5.41) is 8.67. The van der Waals surface area contributed by atoms with Gasteiger partial charge < -0.3 is 9.80 Å². The van der Waals surface area contributed by atoms with E-state index in [1.165, 1.54) is 12.8 Å². The van der Waals surface area contributed by atoms with Gasteiger partial charge in [-0.25, -0.2) is 4.98 Å². The van der Waals surface area contributed by atoms with Crippen LogP contribution < -0.4 is 4.90 Å². The van der Waals surface area contributed by atoms with Gasteiger partial charge in [0, 0.05) is 18.4 Å². The molecule has 0 saturated heterocycles. The summed E-state index contributed by atoms with van der Waals surface area (Å²) in [6.07, 6.45) is 8.57. The van der Waals surface area contributed by atoms with Crippen LogP contribution in [0.5, 0.6) is 0 Å². The zero-order valence-corrected chi connectivity index (χ0v) is 8.87. The number of pyridine rings is 1. The van der Waals surface area contributed by atoms with Gasteiger partial charge in [0.15, 0.2) is 0 Å². The maximum atomic E-state index is 8.67. The fourth-order valence-electron chi connectivity index (χ4n) is 1.87. The quantitative estimate of drug-likeness (QED) is 0.748. The van der Waals surface area contributed by atoms with E-state index in [0.29, 0.717) is 5.69 Å². The molecule has 0 N–H and O–H groups in total. The minimum atomic E-state index is 0.464. The van der Waals surface area contributed by atoms with Gasteiger partial charge in [0.25, 0.3) is 0 Å². The lowest BCUT2D eigenvalue weighted by atomic mass is 10.3. The van der Waals surface area contributed by atoms with E-state index in [1.54, 1.807) is 12.3 Å². The third-order valence-corrected chi connectivity index (χ3v) is 2.96. The van der Waals surface area contributed by atoms with Gasteiger partial charge in [-0.3, -0.25) is 0 Å². The first-order chi connectivity index (χ1) is 7.86. The summed E-state index contributed by atoms with van der Waals surface area (Å²) in [5.41, 5.74) is 1.50. The van der Waals surface area contributed by atoms with Gasteiger partial charge >= 0.3 is 0 Å². The molecule has 1 saturated carbocycles. The maximum Gasteiger partial charge on any atom is 0.140 e. The summed E-state index contributed by atoms with van der Waals surface area (Å²) in [4.78, 5) is 8.56. The lowest BCUT2D eigenvalue weighted by molar-refractivity contribution is 0.397. The molecule has 0 amide bonds. The molecule has 4 heteroatoms. The van der Waals surface area contributed by atoms with Crippen molar-refractivity contribution in [3.63, 3.8) is 0 Å². The molecule has 1 aromatic rings. The summed E-state index contributed by atoms with van der Waals surface area (Å²) >= 11 is 0. The molecular weight excluding hydrogens is 200 g/mol. The van der Waals surface area contributed by atoms with Crippen molar-refractivity contribution in [2.75, 3.05) is 11.6 Å². The zero-order valence-electron chi connectivity index (χ0n) is 8.87. The zero-order chi connectivity index (χ0) is 11.0. The summed E-state index contributed by atoms with van der Waals surface area (Å²) in [6.45, 7) is 0.901. The van der Waals surface area contributed by atoms with E-state index in [-0.39, 0.29) is 0 Å². The third kappa shape index (κ3) is 1.61. The lowest BCUT2D eigenvalue weighted by Gasteiger charge is -2.20. The Morgan fingerprint density at radius 3 is 2.81 bits per heavy atom. The Hall–Kier alpha value is -2.02. The molecule has 3 rings (SSSR count). The molecule has 0 bridgehead atoms. The molecule has 16 heavy (non-hydrogen) atoms. The molecule has 1 fully saturated rings. The van der Waals surface area contributed by atoms with Gasteiger partial charge in [0.05, 0.1) is 18.6 Å². The van der Waals surface area contributed by atoms with Crippen LogP contribution in [0.3, 0.4) is 0 Å². The van der Waals surface area contributed by atoms with Crippen LogP contribution in [0, 0.1) is 11.3 Å². The van der Waals surface area contributed by atoms with Crippen LogP contribution in [-0.4, -0.2) is 22.6 Å². The molecule has 0 radical (unpaired) electrons. The first kappa shape index (κ1) is 9.22. The highest BCUT2D eigenvalue weighted by Gasteiger charge is 2.30. The molecule has 2 aliphatic rings. The average Bonchev–Trinajstić information content (AvgIpc) is 3.08.